The van der Waals surface area contributed by atoms with E-state index in [2.05, 4.69) is 10.3 Å². The number of carbonyl (C=O) groups excluding carboxylic acids is 1. The highest BCUT2D eigenvalue weighted by molar-refractivity contribution is 6.04. The van der Waals surface area contributed by atoms with E-state index >= 15 is 0 Å². The Morgan fingerprint density at radius 1 is 1.15 bits per heavy atom. The van der Waals surface area contributed by atoms with Gasteiger partial charge in [0.05, 0.1) is 6.61 Å². The zero-order valence-corrected chi connectivity index (χ0v) is 14.5. The summed E-state index contributed by atoms with van der Waals surface area (Å²) in [7, 11) is 1.57. The number of benzene rings is 1. The van der Waals surface area contributed by atoms with E-state index in [4.69, 9.17) is 19.3 Å². The van der Waals surface area contributed by atoms with Crippen LogP contribution in [0.15, 0.2) is 36.5 Å². The first-order chi connectivity index (χ1) is 12.5. The number of aromatic nitrogens is 1. The molecule has 0 saturated heterocycles. The van der Waals surface area contributed by atoms with Crippen LogP contribution < -0.4 is 14.8 Å². The van der Waals surface area contributed by atoms with E-state index in [1.165, 1.54) is 6.20 Å². The third-order valence-corrected chi connectivity index (χ3v) is 3.34. The molecule has 1 aromatic heterocycles. The molecule has 1 heterocycles. The summed E-state index contributed by atoms with van der Waals surface area (Å²) in [6.07, 6.45) is 1.49. The van der Waals surface area contributed by atoms with Crippen molar-refractivity contribution in [2.45, 2.75) is 6.92 Å². The van der Waals surface area contributed by atoms with Crippen molar-refractivity contribution in [3.05, 3.63) is 47.7 Å². The number of amides is 1. The van der Waals surface area contributed by atoms with Crippen molar-refractivity contribution in [1.29, 1.82) is 0 Å². The van der Waals surface area contributed by atoms with Crippen LogP contribution in [-0.2, 0) is 9.53 Å². The van der Waals surface area contributed by atoms with Gasteiger partial charge in [-0.2, -0.15) is 0 Å². The van der Waals surface area contributed by atoms with Crippen LogP contribution in [0, 0.1) is 6.92 Å². The molecule has 8 heteroatoms. The second-order valence-electron chi connectivity index (χ2n) is 5.34. The number of hydrogen-bond acceptors (Lipinski definition) is 6. The minimum atomic E-state index is -1.05. The molecule has 138 valence electrons. The number of carbonyl (C=O) groups is 2. The topological polar surface area (TPSA) is 107 Å². The zero-order chi connectivity index (χ0) is 18.9. The Kier molecular flexibility index (Phi) is 6.92. The Bertz CT molecular complexity index is 778. The number of pyridine rings is 1. The molecule has 2 aromatic rings. The van der Waals surface area contributed by atoms with Gasteiger partial charge in [-0.05, 0) is 36.8 Å². The molecule has 8 nitrogen and oxygen atoms in total. The maximum absolute atomic E-state index is 12.4. The Balaban J connectivity index is 2.02. The SMILES string of the molecule is COCCOc1cc(C(=O)Nc2ccc(OCC(=O)O)cc2C)ccn1. The van der Waals surface area contributed by atoms with Gasteiger partial charge in [-0.3, -0.25) is 4.79 Å². The van der Waals surface area contributed by atoms with Gasteiger partial charge in [0.15, 0.2) is 6.61 Å². The van der Waals surface area contributed by atoms with E-state index in [9.17, 15) is 9.59 Å². The van der Waals surface area contributed by atoms with Crippen molar-refractivity contribution in [3.8, 4) is 11.6 Å². The number of carboxylic acids is 1. The molecule has 0 radical (unpaired) electrons. The molecule has 0 spiro atoms. The number of aryl methyl sites for hydroxylation is 1. The van der Waals surface area contributed by atoms with Gasteiger partial charge in [0.25, 0.3) is 5.91 Å². The van der Waals surface area contributed by atoms with Crippen LogP contribution in [0.25, 0.3) is 0 Å². The largest absolute Gasteiger partial charge is 0.482 e. The summed E-state index contributed by atoms with van der Waals surface area (Å²) in [4.78, 5) is 27.0. The summed E-state index contributed by atoms with van der Waals surface area (Å²) < 4.78 is 15.4. The summed E-state index contributed by atoms with van der Waals surface area (Å²) in [5, 5.41) is 11.4. The maximum atomic E-state index is 12.4. The predicted octanol–water partition coefficient (Wildman–Crippen LogP) is 2.13. The molecule has 0 aliphatic rings. The van der Waals surface area contributed by atoms with Crippen LogP contribution in [0.2, 0.25) is 0 Å². The van der Waals surface area contributed by atoms with Gasteiger partial charge in [-0.1, -0.05) is 0 Å². The van der Waals surface area contributed by atoms with Gasteiger partial charge in [0.2, 0.25) is 5.88 Å². The summed E-state index contributed by atoms with van der Waals surface area (Å²) >= 11 is 0. The van der Waals surface area contributed by atoms with E-state index in [0.29, 0.717) is 36.1 Å². The summed E-state index contributed by atoms with van der Waals surface area (Å²) in [5.74, 6) is -0.614. The number of hydrogen-bond donors (Lipinski definition) is 2. The quantitative estimate of drug-likeness (QED) is 0.660. The number of nitrogens with one attached hydrogen (secondary N) is 1. The van der Waals surface area contributed by atoms with Crippen molar-refractivity contribution in [2.24, 2.45) is 0 Å². The maximum Gasteiger partial charge on any atom is 0.341 e. The Morgan fingerprint density at radius 2 is 1.96 bits per heavy atom. The average Bonchev–Trinajstić information content (AvgIpc) is 2.62. The third kappa shape index (κ3) is 5.75. The Labute approximate surface area is 150 Å². The van der Waals surface area contributed by atoms with Crippen LogP contribution >= 0.6 is 0 Å². The normalized spacial score (nSPS) is 10.2. The Morgan fingerprint density at radius 3 is 2.65 bits per heavy atom. The van der Waals surface area contributed by atoms with Crippen molar-refractivity contribution < 1.29 is 28.9 Å². The number of carboxylic acid groups (broad SMARTS) is 1. The smallest absolute Gasteiger partial charge is 0.341 e. The number of anilines is 1. The standard InChI is InChI=1S/C18H20N2O6/c1-12-9-14(26-11-17(21)22)3-4-15(12)20-18(23)13-5-6-19-16(10-13)25-8-7-24-2/h3-6,9-10H,7-8,11H2,1-2H3,(H,20,23)(H,21,22). The molecule has 0 atom stereocenters. The van der Waals surface area contributed by atoms with Crippen LogP contribution in [0.1, 0.15) is 15.9 Å². The molecule has 26 heavy (non-hydrogen) atoms. The van der Waals surface area contributed by atoms with Crippen molar-refractivity contribution in [2.75, 3.05) is 32.2 Å². The fraction of sp³-hybridized carbons (Fsp3) is 0.278. The molecule has 2 N–H and O–H groups in total. The first kappa shape index (κ1) is 19.2. The molecule has 0 aliphatic carbocycles. The minimum Gasteiger partial charge on any atom is -0.482 e. The zero-order valence-electron chi connectivity index (χ0n) is 14.5. The number of ether oxygens (including phenoxy) is 3. The minimum absolute atomic E-state index is 0.314. The molecule has 0 saturated carbocycles. The first-order valence-corrected chi connectivity index (χ1v) is 7.84. The van der Waals surface area contributed by atoms with E-state index in [0.717, 1.165) is 5.56 Å². The molecule has 1 amide bonds. The Hall–Kier alpha value is -3.13. The van der Waals surface area contributed by atoms with Crippen LogP contribution in [0.5, 0.6) is 11.6 Å². The molecular formula is C18H20N2O6. The van der Waals surface area contributed by atoms with E-state index in [1.807, 2.05) is 0 Å². The lowest BCUT2D eigenvalue weighted by atomic mass is 10.1. The van der Waals surface area contributed by atoms with Gasteiger partial charge >= 0.3 is 5.97 Å². The van der Waals surface area contributed by atoms with Gasteiger partial charge < -0.3 is 24.6 Å². The lowest BCUT2D eigenvalue weighted by Crippen LogP contribution is -2.14. The summed E-state index contributed by atoms with van der Waals surface area (Å²) in [5.41, 5.74) is 1.74. The number of methoxy groups -OCH3 is 1. The lowest BCUT2D eigenvalue weighted by Gasteiger charge is -2.11. The molecule has 0 unspecified atom stereocenters. The van der Waals surface area contributed by atoms with E-state index in [-0.39, 0.29) is 5.91 Å². The van der Waals surface area contributed by atoms with Crippen molar-refractivity contribution >= 4 is 17.6 Å². The average molecular weight is 360 g/mol. The molecule has 0 fully saturated rings. The molecule has 1 aromatic carbocycles. The highest BCUT2D eigenvalue weighted by Gasteiger charge is 2.10. The third-order valence-electron chi connectivity index (χ3n) is 3.34. The number of aliphatic carboxylic acids is 1. The lowest BCUT2D eigenvalue weighted by molar-refractivity contribution is -0.139. The predicted molar refractivity (Wildman–Crippen MR) is 93.9 cm³/mol. The summed E-state index contributed by atoms with van der Waals surface area (Å²) in [6, 6.07) is 8.03. The van der Waals surface area contributed by atoms with E-state index < -0.39 is 12.6 Å². The van der Waals surface area contributed by atoms with Crippen LogP contribution in [0.3, 0.4) is 0 Å². The van der Waals surface area contributed by atoms with Crippen molar-refractivity contribution in [3.63, 3.8) is 0 Å². The van der Waals surface area contributed by atoms with E-state index in [1.54, 1.807) is 44.4 Å². The summed E-state index contributed by atoms with van der Waals surface area (Å²) in [6.45, 7) is 2.13. The monoisotopic (exact) mass is 360 g/mol. The van der Waals surface area contributed by atoms with Gasteiger partial charge in [0, 0.05) is 30.6 Å². The molecular weight excluding hydrogens is 340 g/mol. The highest BCUT2D eigenvalue weighted by Crippen LogP contribution is 2.22. The fourth-order valence-electron chi connectivity index (χ4n) is 2.06. The van der Waals surface area contributed by atoms with Gasteiger partial charge in [0.1, 0.15) is 12.4 Å². The van der Waals surface area contributed by atoms with Gasteiger partial charge in [-0.25, -0.2) is 9.78 Å². The second-order valence-corrected chi connectivity index (χ2v) is 5.34. The first-order valence-electron chi connectivity index (χ1n) is 7.84. The van der Waals surface area contributed by atoms with Crippen molar-refractivity contribution in [1.82, 2.24) is 4.98 Å². The second kappa shape index (κ2) is 9.38. The number of rotatable bonds is 9. The molecule has 2 rings (SSSR count). The molecule has 0 bridgehead atoms. The highest BCUT2D eigenvalue weighted by atomic mass is 16.5. The molecule has 0 aliphatic heterocycles. The fourth-order valence-corrected chi connectivity index (χ4v) is 2.06. The van der Waals surface area contributed by atoms with Crippen LogP contribution in [0.4, 0.5) is 5.69 Å². The van der Waals surface area contributed by atoms with Crippen LogP contribution in [-0.4, -0.2) is 48.9 Å². The van der Waals surface area contributed by atoms with Gasteiger partial charge in [-0.15, -0.1) is 0 Å². The number of nitrogens with zero attached hydrogens (tertiary/aromatic N) is 1.